The highest BCUT2D eigenvalue weighted by atomic mass is 19.1. The van der Waals surface area contributed by atoms with E-state index in [9.17, 15) is 19.3 Å². The van der Waals surface area contributed by atoms with Crippen LogP contribution in [0.1, 0.15) is 13.8 Å². The summed E-state index contributed by atoms with van der Waals surface area (Å²) in [6.07, 6.45) is 0. The number of nitrogens with zero attached hydrogens (tertiary/aromatic N) is 2. The predicted octanol–water partition coefficient (Wildman–Crippen LogP) is 2.12. The molecule has 1 aromatic carbocycles. The minimum atomic E-state index is -0.926. The van der Waals surface area contributed by atoms with Gasteiger partial charge >= 0.3 is 11.7 Å². The summed E-state index contributed by atoms with van der Waals surface area (Å²) in [6, 6.07) is 3.79. The van der Waals surface area contributed by atoms with Crippen LogP contribution in [0.3, 0.4) is 0 Å². The Morgan fingerprint density at radius 1 is 1.47 bits per heavy atom. The van der Waals surface area contributed by atoms with Crippen LogP contribution in [0.5, 0.6) is 0 Å². The molecule has 0 spiro atoms. The summed E-state index contributed by atoms with van der Waals surface area (Å²) < 4.78 is 18.3. The summed E-state index contributed by atoms with van der Waals surface area (Å²) in [6.45, 7) is 3.77. The predicted molar refractivity (Wildman–Crippen MR) is 67.6 cm³/mol. The molecule has 0 unspecified atom stereocenters. The second-order valence-electron chi connectivity index (χ2n) is 3.68. The largest absolute Gasteiger partial charge is 0.465 e. The zero-order chi connectivity index (χ0) is 14.4. The molecule has 0 fully saturated rings. The molecule has 0 aliphatic rings. The quantitative estimate of drug-likeness (QED) is 0.450. The molecule has 0 N–H and O–H groups in total. The fourth-order valence-electron chi connectivity index (χ4n) is 1.67. The molecular formula is C12H15FN2O4. The van der Waals surface area contributed by atoms with E-state index in [0.29, 0.717) is 6.54 Å². The summed E-state index contributed by atoms with van der Waals surface area (Å²) in [7, 11) is 0. The first kappa shape index (κ1) is 14.9. The van der Waals surface area contributed by atoms with Gasteiger partial charge in [-0.3, -0.25) is 14.9 Å². The van der Waals surface area contributed by atoms with Crippen LogP contribution in [0, 0.1) is 15.9 Å². The number of esters is 1. The lowest BCUT2D eigenvalue weighted by molar-refractivity contribution is -0.386. The van der Waals surface area contributed by atoms with Crippen molar-refractivity contribution in [2.75, 3.05) is 24.6 Å². The number of para-hydroxylation sites is 1. The van der Waals surface area contributed by atoms with E-state index in [2.05, 4.69) is 0 Å². The van der Waals surface area contributed by atoms with Gasteiger partial charge in [0.2, 0.25) is 5.82 Å². The van der Waals surface area contributed by atoms with Gasteiger partial charge in [0.1, 0.15) is 12.2 Å². The molecule has 0 atom stereocenters. The number of hydrogen-bond acceptors (Lipinski definition) is 5. The van der Waals surface area contributed by atoms with Crippen molar-refractivity contribution in [1.82, 2.24) is 0 Å². The van der Waals surface area contributed by atoms with Crippen LogP contribution in [0.15, 0.2) is 18.2 Å². The Hall–Kier alpha value is -2.18. The first-order valence-corrected chi connectivity index (χ1v) is 5.84. The number of halogens is 1. The van der Waals surface area contributed by atoms with Gasteiger partial charge in [-0.1, -0.05) is 6.07 Å². The van der Waals surface area contributed by atoms with Crippen molar-refractivity contribution in [1.29, 1.82) is 0 Å². The molecule has 104 valence electrons. The molecule has 0 saturated heterocycles. The first-order chi connectivity index (χ1) is 9.01. The van der Waals surface area contributed by atoms with E-state index in [1.807, 2.05) is 0 Å². The molecule has 0 bridgehead atoms. The second-order valence-corrected chi connectivity index (χ2v) is 3.68. The molecule has 1 rings (SSSR count). The Labute approximate surface area is 109 Å². The SMILES string of the molecule is CCOC(=O)CN(CC)c1cccc(F)c1[N+](=O)[O-]. The zero-order valence-electron chi connectivity index (χ0n) is 10.8. The number of carbonyl (C=O) groups excluding carboxylic acids is 1. The fraction of sp³-hybridized carbons (Fsp3) is 0.417. The number of nitro groups is 1. The second kappa shape index (κ2) is 6.67. The number of likely N-dealkylation sites (N-methyl/N-ethyl adjacent to an activating group) is 1. The third-order valence-corrected chi connectivity index (χ3v) is 2.50. The molecule has 0 radical (unpaired) electrons. The third kappa shape index (κ3) is 3.64. The highest BCUT2D eigenvalue weighted by Crippen LogP contribution is 2.30. The highest BCUT2D eigenvalue weighted by molar-refractivity contribution is 5.77. The number of ether oxygens (including phenoxy) is 1. The zero-order valence-corrected chi connectivity index (χ0v) is 10.8. The van der Waals surface area contributed by atoms with Crippen molar-refractivity contribution in [3.63, 3.8) is 0 Å². The summed E-state index contributed by atoms with van der Waals surface area (Å²) in [5, 5.41) is 10.9. The molecule has 0 saturated carbocycles. The number of carbonyl (C=O) groups is 1. The van der Waals surface area contributed by atoms with Gasteiger partial charge in [0.15, 0.2) is 0 Å². The van der Waals surface area contributed by atoms with Crippen LogP contribution in [0.25, 0.3) is 0 Å². The van der Waals surface area contributed by atoms with Gasteiger partial charge in [0.05, 0.1) is 11.5 Å². The number of rotatable bonds is 6. The molecule has 0 aromatic heterocycles. The Kier molecular flexibility index (Phi) is 5.23. The standard InChI is InChI=1S/C12H15FN2O4/c1-3-14(8-11(16)19-4-2)10-7-5-6-9(13)12(10)15(17)18/h5-7H,3-4,8H2,1-2H3. The Bertz CT molecular complexity index is 479. The number of nitro benzene ring substituents is 1. The Morgan fingerprint density at radius 3 is 2.68 bits per heavy atom. The van der Waals surface area contributed by atoms with Gasteiger partial charge in [-0.05, 0) is 26.0 Å². The lowest BCUT2D eigenvalue weighted by Crippen LogP contribution is -2.31. The van der Waals surface area contributed by atoms with Crippen LogP contribution in [0.2, 0.25) is 0 Å². The van der Waals surface area contributed by atoms with Gasteiger partial charge in [-0.15, -0.1) is 0 Å². The van der Waals surface area contributed by atoms with Crippen molar-refractivity contribution in [2.24, 2.45) is 0 Å². The van der Waals surface area contributed by atoms with Gasteiger partial charge in [0, 0.05) is 6.54 Å². The van der Waals surface area contributed by atoms with Gasteiger partial charge < -0.3 is 9.64 Å². The minimum absolute atomic E-state index is 0.0700. The summed E-state index contributed by atoms with van der Waals surface area (Å²) >= 11 is 0. The van der Waals surface area contributed by atoms with E-state index in [4.69, 9.17) is 4.74 Å². The minimum Gasteiger partial charge on any atom is -0.465 e. The van der Waals surface area contributed by atoms with Gasteiger partial charge in [-0.25, -0.2) is 0 Å². The van der Waals surface area contributed by atoms with E-state index < -0.39 is 22.4 Å². The highest BCUT2D eigenvalue weighted by Gasteiger charge is 2.24. The van der Waals surface area contributed by atoms with Gasteiger partial charge in [-0.2, -0.15) is 4.39 Å². The molecule has 19 heavy (non-hydrogen) atoms. The van der Waals surface area contributed by atoms with Crippen molar-refractivity contribution in [3.8, 4) is 0 Å². The van der Waals surface area contributed by atoms with Crippen LogP contribution < -0.4 is 4.90 Å². The van der Waals surface area contributed by atoms with Crippen LogP contribution >= 0.6 is 0 Å². The molecule has 0 heterocycles. The molecule has 0 aliphatic carbocycles. The molecule has 6 nitrogen and oxygen atoms in total. The number of hydrogen-bond donors (Lipinski definition) is 0. The maximum atomic E-state index is 13.5. The number of anilines is 1. The van der Waals surface area contributed by atoms with E-state index in [0.717, 1.165) is 6.07 Å². The molecule has 0 aliphatic heterocycles. The summed E-state index contributed by atoms with van der Waals surface area (Å²) in [5.41, 5.74) is -0.561. The maximum Gasteiger partial charge on any atom is 0.327 e. The van der Waals surface area contributed by atoms with Crippen LogP contribution in [-0.4, -0.2) is 30.6 Å². The van der Waals surface area contributed by atoms with Crippen molar-refractivity contribution < 1.29 is 18.8 Å². The fourth-order valence-corrected chi connectivity index (χ4v) is 1.67. The van der Waals surface area contributed by atoms with E-state index in [-0.39, 0.29) is 18.8 Å². The topological polar surface area (TPSA) is 72.7 Å². The van der Waals surface area contributed by atoms with Gasteiger partial charge in [0.25, 0.3) is 0 Å². The van der Waals surface area contributed by atoms with Crippen molar-refractivity contribution >= 4 is 17.3 Å². The van der Waals surface area contributed by atoms with Crippen LogP contribution in [0.4, 0.5) is 15.8 Å². The van der Waals surface area contributed by atoms with Crippen molar-refractivity contribution in [3.05, 3.63) is 34.1 Å². The molecule has 1 aromatic rings. The smallest absolute Gasteiger partial charge is 0.327 e. The average molecular weight is 270 g/mol. The lowest BCUT2D eigenvalue weighted by Gasteiger charge is -2.21. The van der Waals surface area contributed by atoms with E-state index in [1.165, 1.54) is 17.0 Å². The monoisotopic (exact) mass is 270 g/mol. The third-order valence-electron chi connectivity index (χ3n) is 2.50. The van der Waals surface area contributed by atoms with E-state index >= 15 is 0 Å². The Morgan fingerprint density at radius 2 is 2.16 bits per heavy atom. The summed E-state index contributed by atoms with van der Waals surface area (Å²) in [4.78, 5) is 22.9. The summed E-state index contributed by atoms with van der Waals surface area (Å²) in [5.74, 6) is -1.44. The number of benzene rings is 1. The van der Waals surface area contributed by atoms with Crippen molar-refractivity contribution in [2.45, 2.75) is 13.8 Å². The molecular weight excluding hydrogens is 255 g/mol. The molecule has 0 amide bonds. The van der Waals surface area contributed by atoms with Crippen LogP contribution in [-0.2, 0) is 9.53 Å². The average Bonchev–Trinajstić information content (AvgIpc) is 2.35. The Balaban J connectivity index is 3.08. The lowest BCUT2D eigenvalue weighted by atomic mass is 10.2. The maximum absolute atomic E-state index is 13.5. The normalized spacial score (nSPS) is 10.1. The van der Waals surface area contributed by atoms with E-state index in [1.54, 1.807) is 13.8 Å². The molecule has 7 heteroatoms. The first-order valence-electron chi connectivity index (χ1n) is 5.84.